The van der Waals surface area contributed by atoms with Gasteiger partial charge in [-0.25, -0.2) is 13.1 Å². The maximum atomic E-state index is 12.3. The van der Waals surface area contributed by atoms with Gasteiger partial charge in [-0.3, -0.25) is 0 Å². The molecule has 3 nitrogen and oxygen atoms in total. The van der Waals surface area contributed by atoms with Gasteiger partial charge in [-0.05, 0) is 24.6 Å². The highest BCUT2D eigenvalue weighted by atomic mass is 35.5. The lowest BCUT2D eigenvalue weighted by molar-refractivity contribution is 0.567. The van der Waals surface area contributed by atoms with Crippen LogP contribution in [0.4, 0.5) is 0 Å². The van der Waals surface area contributed by atoms with Crippen LogP contribution in [0, 0.1) is 0 Å². The van der Waals surface area contributed by atoms with Crippen LogP contribution in [0.3, 0.4) is 0 Å². The fraction of sp³-hybridized carbons (Fsp3) is 0.167. The minimum Gasteiger partial charge on any atom is -0.207 e. The number of thiophene rings is 1. The Bertz CT molecular complexity index is 728. The standard InChI is InChI=1S/C12H10Cl3NO2S2/c1-7(8-4-2-3-5-9(8)13)16-20(17,18)10-6-11(14)19-12(10)15/h2-7,16H,1H3. The lowest BCUT2D eigenvalue weighted by atomic mass is 10.1. The molecule has 20 heavy (non-hydrogen) atoms. The van der Waals surface area contributed by atoms with Gasteiger partial charge >= 0.3 is 0 Å². The maximum Gasteiger partial charge on any atom is 0.243 e. The van der Waals surface area contributed by atoms with Crippen LogP contribution >= 0.6 is 46.1 Å². The van der Waals surface area contributed by atoms with Gasteiger partial charge in [0, 0.05) is 11.1 Å². The molecular formula is C12H10Cl3NO2S2. The molecule has 1 unspecified atom stereocenters. The largest absolute Gasteiger partial charge is 0.243 e. The summed E-state index contributed by atoms with van der Waals surface area (Å²) in [6.07, 6.45) is 0. The molecule has 2 rings (SSSR count). The van der Waals surface area contributed by atoms with E-state index in [1.165, 1.54) is 6.07 Å². The van der Waals surface area contributed by atoms with Crippen molar-refractivity contribution in [2.75, 3.05) is 0 Å². The Balaban J connectivity index is 2.29. The normalized spacial score (nSPS) is 13.4. The maximum absolute atomic E-state index is 12.3. The van der Waals surface area contributed by atoms with Crippen LogP contribution in [-0.2, 0) is 10.0 Å². The van der Waals surface area contributed by atoms with Crippen molar-refractivity contribution in [1.82, 2.24) is 4.72 Å². The fourth-order valence-corrected chi connectivity index (χ4v) is 5.37. The summed E-state index contributed by atoms with van der Waals surface area (Å²) in [5.41, 5.74) is 0.690. The summed E-state index contributed by atoms with van der Waals surface area (Å²) in [6.45, 7) is 1.71. The van der Waals surface area contributed by atoms with Crippen LogP contribution in [0.25, 0.3) is 0 Å². The van der Waals surface area contributed by atoms with Crippen molar-refractivity contribution in [1.29, 1.82) is 0 Å². The van der Waals surface area contributed by atoms with Gasteiger partial charge in [0.05, 0.1) is 4.34 Å². The van der Waals surface area contributed by atoms with E-state index in [4.69, 9.17) is 34.8 Å². The van der Waals surface area contributed by atoms with Crippen LogP contribution in [0.15, 0.2) is 35.2 Å². The molecule has 1 N–H and O–H groups in total. The summed E-state index contributed by atoms with van der Waals surface area (Å²) in [5.74, 6) is 0. The number of hydrogen-bond acceptors (Lipinski definition) is 3. The zero-order valence-corrected chi connectivity index (χ0v) is 14.1. The minimum atomic E-state index is -3.75. The van der Waals surface area contributed by atoms with Crippen molar-refractivity contribution >= 4 is 56.2 Å². The minimum absolute atomic E-state index is 0.0203. The van der Waals surface area contributed by atoms with E-state index in [2.05, 4.69) is 4.72 Å². The van der Waals surface area contributed by atoms with Gasteiger partial charge in [0.15, 0.2) is 0 Å². The highest BCUT2D eigenvalue weighted by Crippen LogP contribution is 2.35. The molecule has 0 amide bonds. The van der Waals surface area contributed by atoms with Crippen LogP contribution in [0.2, 0.25) is 13.7 Å². The Morgan fingerprint density at radius 3 is 2.40 bits per heavy atom. The molecule has 2 aromatic rings. The number of benzene rings is 1. The molecular weight excluding hydrogens is 361 g/mol. The summed E-state index contributed by atoms with van der Waals surface area (Å²) in [7, 11) is -3.75. The number of sulfonamides is 1. The number of rotatable bonds is 4. The number of hydrogen-bond donors (Lipinski definition) is 1. The molecule has 1 heterocycles. The van der Waals surface area contributed by atoms with E-state index in [1.807, 2.05) is 0 Å². The van der Waals surface area contributed by atoms with E-state index in [9.17, 15) is 8.42 Å². The zero-order valence-electron chi connectivity index (χ0n) is 10.2. The topological polar surface area (TPSA) is 46.2 Å². The molecule has 1 aromatic heterocycles. The first kappa shape index (κ1) is 16.1. The molecule has 0 aliphatic rings. The number of halogens is 3. The molecule has 0 saturated heterocycles. The summed E-state index contributed by atoms with van der Waals surface area (Å²) in [4.78, 5) is -0.0203. The highest BCUT2D eigenvalue weighted by molar-refractivity contribution is 7.89. The van der Waals surface area contributed by atoms with Crippen molar-refractivity contribution in [2.45, 2.75) is 17.9 Å². The summed E-state index contributed by atoms with van der Waals surface area (Å²) in [5, 5.41) is 0.497. The van der Waals surface area contributed by atoms with Gasteiger partial charge in [0.1, 0.15) is 9.23 Å². The fourth-order valence-electron chi connectivity index (χ4n) is 1.69. The molecule has 0 aliphatic carbocycles. The Hall–Kier alpha value is -0.300. The quantitative estimate of drug-likeness (QED) is 0.844. The monoisotopic (exact) mass is 369 g/mol. The van der Waals surface area contributed by atoms with E-state index in [0.717, 1.165) is 11.3 Å². The zero-order chi connectivity index (χ0) is 14.9. The molecule has 8 heteroatoms. The van der Waals surface area contributed by atoms with E-state index >= 15 is 0 Å². The van der Waals surface area contributed by atoms with Gasteiger partial charge in [0.25, 0.3) is 0 Å². The Kier molecular flexibility index (Phi) is 5.00. The van der Waals surface area contributed by atoms with Crippen LogP contribution < -0.4 is 4.72 Å². The lowest BCUT2D eigenvalue weighted by Crippen LogP contribution is -2.26. The van der Waals surface area contributed by atoms with Gasteiger partial charge < -0.3 is 0 Å². The molecule has 0 saturated carbocycles. The van der Waals surface area contributed by atoms with Crippen molar-refractivity contribution in [2.24, 2.45) is 0 Å². The molecule has 0 fully saturated rings. The van der Waals surface area contributed by atoms with Gasteiger partial charge in [0.2, 0.25) is 10.0 Å². The van der Waals surface area contributed by atoms with Gasteiger partial charge in [-0.15, -0.1) is 11.3 Å². The molecule has 108 valence electrons. The van der Waals surface area contributed by atoms with Crippen LogP contribution in [-0.4, -0.2) is 8.42 Å². The summed E-state index contributed by atoms with van der Waals surface area (Å²) < 4.78 is 27.5. The molecule has 0 bridgehead atoms. The second kappa shape index (κ2) is 6.22. The summed E-state index contributed by atoms with van der Waals surface area (Å²) >= 11 is 18.7. The van der Waals surface area contributed by atoms with Gasteiger partial charge in [-0.2, -0.15) is 0 Å². The predicted octanol–water partition coefficient (Wildman–Crippen LogP) is 4.75. The van der Waals surface area contributed by atoms with Crippen LogP contribution in [0.5, 0.6) is 0 Å². The molecule has 1 aromatic carbocycles. The predicted molar refractivity (Wildman–Crippen MR) is 84.5 cm³/mol. The highest BCUT2D eigenvalue weighted by Gasteiger charge is 2.24. The van der Waals surface area contributed by atoms with E-state index in [0.29, 0.717) is 14.9 Å². The molecule has 0 aliphatic heterocycles. The first-order valence-corrected chi connectivity index (χ1v) is 8.96. The second-order valence-electron chi connectivity index (χ2n) is 4.05. The van der Waals surface area contributed by atoms with Crippen molar-refractivity contribution in [3.8, 4) is 0 Å². The third kappa shape index (κ3) is 3.47. The average Bonchev–Trinajstić information content (AvgIpc) is 2.69. The van der Waals surface area contributed by atoms with Crippen LogP contribution in [0.1, 0.15) is 18.5 Å². The second-order valence-corrected chi connectivity index (χ2v) is 8.43. The molecule has 0 radical (unpaired) electrons. The van der Waals surface area contributed by atoms with Crippen molar-refractivity contribution < 1.29 is 8.42 Å². The van der Waals surface area contributed by atoms with E-state index in [1.54, 1.807) is 31.2 Å². The SMILES string of the molecule is CC(NS(=O)(=O)c1cc(Cl)sc1Cl)c1ccccc1Cl. The average molecular weight is 371 g/mol. The molecule has 1 atom stereocenters. The smallest absolute Gasteiger partial charge is 0.207 e. The van der Waals surface area contributed by atoms with Crippen molar-refractivity contribution in [3.63, 3.8) is 0 Å². The first-order valence-electron chi connectivity index (χ1n) is 5.53. The first-order chi connectivity index (χ1) is 9.31. The van der Waals surface area contributed by atoms with Gasteiger partial charge in [-0.1, -0.05) is 53.0 Å². The Labute approximate surface area is 136 Å². The van der Waals surface area contributed by atoms with E-state index in [-0.39, 0.29) is 9.23 Å². The lowest BCUT2D eigenvalue weighted by Gasteiger charge is -2.15. The third-order valence-electron chi connectivity index (χ3n) is 2.62. The third-order valence-corrected chi connectivity index (χ3v) is 6.26. The molecule has 0 spiro atoms. The number of nitrogens with one attached hydrogen (secondary N) is 1. The summed E-state index contributed by atoms with van der Waals surface area (Å²) in [6, 6.07) is 7.89. The van der Waals surface area contributed by atoms with Crippen molar-refractivity contribution in [3.05, 3.63) is 49.6 Å². The Morgan fingerprint density at radius 2 is 1.85 bits per heavy atom. The van der Waals surface area contributed by atoms with E-state index < -0.39 is 16.1 Å². The Morgan fingerprint density at radius 1 is 1.20 bits per heavy atom.